The van der Waals surface area contributed by atoms with E-state index >= 15 is 0 Å². The summed E-state index contributed by atoms with van der Waals surface area (Å²) in [5.41, 5.74) is 3.57. The average molecular weight is 633 g/mol. The number of aliphatic hydroxyl groups is 2. The van der Waals surface area contributed by atoms with Crippen LogP contribution in [-0.2, 0) is 28.1 Å². The van der Waals surface area contributed by atoms with Crippen LogP contribution in [0.4, 0.5) is 5.82 Å². The molecule has 1 aromatic carbocycles. The molecule has 0 amide bonds. The van der Waals surface area contributed by atoms with Gasteiger partial charge in [-0.1, -0.05) is 18.2 Å². The van der Waals surface area contributed by atoms with Crippen LogP contribution in [0.25, 0.3) is 5.52 Å². The number of rotatable bonds is 13. The van der Waals surface area contributed by atoms with Crippen LogP contribution in [0.5, 0.6) is 5.75 Å². The lowest BCUT2D eigenvalue weighted by Crippen LogP contribution is -2.50. The topological polar surface area (TPSA) is 213 Å². The summed E-state index contributed by atoms with van der Waals surface area (Å²) in [4.78, 5) is 16.9. The van der Waals surface area contributed by atoms with Crippen LogP contribution in [0, 0.1) is 11.3 Å². The molecule has 2 aromatic heterocycles. The maximum Gasteiger partial charge on any atom is 0.459 e. The number of nitrogens with zero attached hydrogens (tertiary/aromatic N) is 4. The van der Waals surface area contributed by atoms with E-state index in [9.17, 15) is 24.8 Å². The molecule has 3 heterocycles. The molecule has 6 atom stereocenters. The van der Waals surface area contributed by atoms with E-state index in [1.165, 1.54) is 42.0 Å². The smallest absolute Gasteiger partial charge is 0.459 e. The first-order valence-corrected chi connectivity index (χ1v) is 15.4. The van der Waals surface area contributed by atoms with Gasteiger partial charge in [0.25, 0.3) is 0 Å². The van der Waals surface area contributed by atoms with Crippen molar-refractivity contribution in [2.24, 2.45) is 0 Å². The largest absolute Gasteiger partial charge is 0.461 e. The molecule has 5 N–H and O–H groups in total. The van der Waals surface area contributed by atoms with E-state index in [2.05, 4.69) is 15.2 Å². The van der Waals surface area contributed by atoms with Crippen molar-refractivity contribution < 1.29 is 42.8 Å². The summed E-state index contributed by atoms with van der Waals surface area (Å²) in [6, 6.07) is 11.6. The number of anilines is 1. The minimum atomic E-state index is -4.47. The van der Waals surface area contributed by atoms with Crippen LogP contribution in [0.3, 0.4) is 0 Å². The number of aliphatic hydroxyl groups excluding tert-OH is 2. The van der Waals surface area contributed by atoms with Gasteiger partial charge in [-0.15, -0.1) is 0 Å². The lowest BCUT2D eigenvalue weighted by atomic mass is 9.93. The maximum atomic E-state index is 14.1. The van der Waals surface area contributed by atoms with E-state index in [-0.39, 0.29) is 17.3 Å². The summed E-state index contributed by atoms with van der Waals surface area (Å²) < 4.78 is 43.3. The van der Waals surface area contributed by atoms with Crippen LogP contribution in [-0.4, -0.2) is 80.6 Å². The molecule has 0 radical (unpaired) electrons. The molecule has 0 bridgehead atoms. The van der Waals surface area contributed by atoms with Crippen molar-refractivity contribution >= 4 is 25.1 Å². The Kier molecular flexibility index (Phi) is 10.3. The Morgan fingerprint density at radius 3 is 2.70 bits per heavy atom. The second-order valence-corrected chi connectivity index (χ2v) is 12.7. The van der Waals surface area contributed by atoms with Gasteiger partial charge in [-0.2, -0.15) is 15.4 Å². The predicted octanol–water partition coefficient (Wildman–Crippen LogP) is 2.30. The molecule has 0 spiro atoms. The summed E-state index contributed by atoms with van der Waals surface area (Å²) in [6.07, 6.45) is -1.95. The fourth-order valence-electron chi connectivity index (χ4n) is 4.75. The quantitative estimate of drug-likeness (QED) is 0.157. The first-order chi connectivity index (χ1) is 20.8. The molecule has 0 aliphatic carbocycles. The Morgan fingerprint density at radius 2 is 2.05 bits per heavy atom. The normalized spacial score (nSPS) is 21.2. The number of nitrogens with two attached hydrogens (primary N) is 1. The third kappa shape index (κ3) is 7.54. The molecule has 0 saturated carbocycles. The zero-order chi connectivity index (χ0) is 32.1. The van der Waals surface area contributed by atoms with Crippen molar-refractivity contribution in [2.45, 2.75) is 69.2 Å². The highest BCUT2D eigenvalue weighted by atomic mass is 31.2. The number of methoxy groups -OCH3 is 1. The van der Waals surface area contributed by atoms with Crippen molar-refractivity contribution in [3.8, 4) is 11.8 Å². The number of fused-ring (bicyclic) bond motifs is 1. The van der Waals surface area contributed by atoms with Gasteiger partial charge in [0.2, 0.25) is 5.60 Å². The fourth-order valence-corrected chi connectivity index (χ4v) is 6.27. The van der Waals surface area contributed by atoms with E-state index in [0.717, 1.165) is 7.11 Å². The summed E-state index contributed by atoms with van der Waals surface area (Å²) >= 11 is 0. The van der Waals surface area contributed by atoms with Gasteiger partial charge in [-0.3, -0.25) is 9.32 Å². The predicted molar refractivity (Wildman–Crippen MR) is 156 cm³/mol. The number of nitrogen functional groups attached to an aromatic ring is 1. The van der Waals surface area contributed by atoms with E-state index < -0.39 is 55.9 Å². The Morgan fingerprint density at radius 1 is 1.32 bits per heavy atom. The van der Waals surface area contributed by atoms with Gasteiger partial charge in [-0.05, 0) is 45.0 Å². The summed E-state index contributed by atoms with van der Waals surface area (Å²) in [5.74, 6) is -0.441. The zero-order valence-corrected chi connectivity index (χ0v) is 25.7. The molecule has 4 rings (SSSR count). The van der Waals surface area contributed by atoms with Crippen LogP contribution in [0.1, 0.15) is 45.4 Å². The highest BCUT2D eigenvalue weighted by molar-refractivity contribution is 7.52. The van der Waals surface area contributed by atoms with Gasteiger partial charge in [0.1, 0.15) is 54.6 Å². The molecule has 3 aromatic rings. The van der Waals surface area contributed by atoms with Crippen molar-refractivity contribution in [2.75, 3.05) is 26.1 Å². The van der Waals surface area contributed by atoms with E-state index in [1.807, 2.05) is 19.9 Å². The number of carbonyl (C=O) groups is 1. The Bertz CT molecular complexity index is 1530. The van der Waals surface area contributed by atoms with E-state index in [4.69, 9.17) is 29.0 Å². The van der Waals surface area contributed by atoms with Gasteiger partial charge in [0.15, 0.2) is 5.82 Å². The highest BCUT2D eigenvalue weighted by Gasteiger charge is 2.47. The van der Waals surface area contributed by atoms with Crippen molar-refractivity contribution in [3.05, 3.63) is 54.5 Å². The molecule has 15 nitrogen and oxygen atoms in total. The number of nitrogens with one attached hydrogen (secondary N) is 1. The average Bonchev–Trinajstić information content (AvgIpc) is 3.43. The second-order valence-electron chi connectivity index (χ2n) is 11.0. The molecule has 1 fully saturated rings. The molecule has 1 aliphatic heterocycles. The standard InChI is InChI=1S/C28H37N6O9P/c1-18(26(37)42-20-12-13-40-27(2,3)14-20)33-44(38,43-19-8-6-5-7-9-19)41-16-28(15-29,39-4)24(36)23(35)21-10-11-22-25(30)31-17-32-34(21)22/h5-11,17-18,20,23-24,35-36H,12-14,16H2,1-4H3,(H,33,38)(H2,30,31,32)/t18?,20?,23-,24-,28+,44?/m0/s1. The monoisotopic (exact) mass is 632 g/mol. The Labute approximate surface area is 254 Å². The number of ether oxygens (including phenoxy) is 3. The molecular weight excluding hydrogens is 595 g/mol. The molecule has 238 valence electrons. The molecule has 3 unspecified atom stereocenters. The van der Waals surface area contributed by atoms with Crippen LogP contribution in [0.2, 0.25) is 0 Å². The third-order valence-corrected chi connectivity index (χ3v) is 8.83. The Balaban J connectivity index is 1.54. The number of para-hydroxylation sites is 1. The van der Waals surface area contributed by atoms with Gasteiger partial charge in [-0.25, -0.2) is 14.1 Å². The molecule has 16 heteroatoms. The van der Waals surface area contributed by atoms with Crippen LogP contribution < -0.4 is 15.3 Å². The summed E-state index contributed by atoms with van der Waals surface area (Å²) in [6.45, 7) is 4.79. The molecule has 1 aliphatic rings. The first-order valence-electron chi connectivity index (χ1n) is 13.8. The minimum absolute atomic E-state index is 0.0766. The van der Waals surface area contributed by atoms with Gasteiger partial charge < -0.3 is 34.7 Å². The number of benzene rings is 1. The maximum absolute atomic E-state index is 14.1. The van der Waals surface area contributed by atoms with Crippen molar-refractivity contribution in [1.82, 2.24) is 19.7 Å². The minimum Gasteiger partial charge on any atom is -0.461 e. The number of aromatic nitrogens is 3. The highest BCUT2D eigenvalue weighted by Crippen LogP contribution is 2.46. The van der Waals surface area contributed by atoms with E-state index in [1.54, 1.807) is 18.2 Å². The molecular formula is C28H37N6O9P. The summed E-state index contributed by atoms with van der Waals surface area (Å²) in [7, 11) is -3.35. The second kappa shape index (κ2) is 13.6. The molecule has 44 heavy (non-hydrogen) atoms. The lowest BCUT2D eigenvalue weighted by Gasteiger charge is -2.35. The Hall–Kier alpha value is -3.61. The fraction of sp³-hybridized carbons (Fsp3) is 0.500. The summed E-state index contributed by atoms with van der Waals surface area (Å²) in [5, 5.41) is 39.0. The number of hydrogen-bond donors (Lipinski definition) is 4. The first kappa shape index (κ1) is 33.3. The molecule has 1 saturated heterocycles. The third-order valence-electron chi connectivity index (χ3n) is 7.20. The van der Waals surface area contributed by atoms with Gasteiger partial charge in [0, 0.05) is 20.0 Å². The zero-order valence-electron chi connectivity index (χ0n) is 24.8. The SMILES string of the molecule is CO[C@](C#N)(COP(=O)(NC(C)C(=O)OC1CCOC(C)(C)C1)Oc1ccccc1)[C@@H](O)[C@@H](O)c1ccc2c(N)ncnn12. The number of carbonyl (C=O) groups excluding carboxylic acids is 1. The van der Waals surface area contributed by atoms with Gasteiger partial charge in [0.05, 0.1) is 17.9 Å². The van der Waals surface area contributed by atoms with Crippen LogP contribution >= 0.6 is 7.75 Å². The number of nitriles is 1. The van der Waals surface area contributed by atoms with Crippen molar-refractivity contribution in [3.63, 3.8) is 0 Å². The van der Waals surface area contributed by atoms with E-state index in [0.29, 0.717) is 25.0 Å². The number of hydrogen-bond acceptors (Lipinski definition) is 13. The number of esters is 1. The lowest BCUT2D eigenvalue weighted by molar-refractivity contribution is -0.163. The van der Waals surface area contributed by atoms with Crippen LogP contribution in [0.15, 0.2) is 48.8 Å². The van der Waals surface area contributed by atoms with Crippen molar-refractivity contribution in [1.29, 1.82) is 5.26 Å². The van der Waals surface area contributed by atoms with Gasteiger partial charge >= 0.3 is 13.7 Å².